The van der Waals surface area contributed by atoms with E-state index in [1.165, 1.54) is 5.56 Å². The third-order valence-corrected chi connectivity index (χ3v) is 3.67. The number of aryl methyl sites for hydroxylation is 2. The molecule has 0 aliphatic carbocycles. The standard InChI is InChI=1S/C11H18N4OS.ClH/c1-15-6-9(5-14-15)3-2-4-12-11(16)10-7-17-8-13-10;/h5-6,10,13H,2-4,7-8H2,1H3,(H,12,16);1H. The molecule has 7 heteroatoms. The zero-order valence-corrected chi connectivity index (χ0v) is 12.0. The number of rotatable bonds is 5. The van der Waals surface area contributed by atoms with Crippen LogP contribution in [0.1, 0.15) is 12.0 Å². The quantitative estimate of drug-likeness (QED) is 0.778. The van der Waals surface area contributed by atoms with Crippen LogP contribution in [0.15, 0.2) is 12.4 Å². The van der Waals surface area contributed by atoms with Gasteiger partial charge in [-0.1, -0.05) is 0 Å². The zero-order chi connectivity index (χ0) is 12.1. The highest BCUT2D eigenvalue weighted by molar-refractivity contribution is 7.99. The van der Waals surface area contributed by atoms with Gasteiger partial charge in [-0.25, -0.2) is 0 Å². The Morgan fingerprint density at radius 2 is 2.56 bits per heavy atom. The summed E-state index contributed by atoms with van der Waals surface area (Å²) in [5.41, 5.74) is 1.22. The van der Waals surface area contributed by atoms with Crippen LogP contribution >= 0.6 is 24.2 Å². The van der Waals surface area contributed by atoms with Gasteiger partial charge in [0.15, 0.2) is 0 Å². The second-order valence-corrected chi connectivity index (χ2v) is 5.22. The fourth-order valence-electron chi connectivity index (χ4n) is 1.79. The highest BCUT2D eigenvalue weighted by Crippen LogP contribution is 2.09. The van der Waals surface area contributed by atoms with Crippen molar-refractivity contribution in [1.82, 2.24) is 20.4 Å². The number of aromatic nitrogens is 2. The smallest absolute Gasteiger partial charge is 0.238 e. The highest BCUT2D eigenvalue weighted by Gasteiger charge is 2.21. The average Bonchev–Trinajstić information content (AvgIpc) is 2.95. The molecular weight excluding hydrogens is 272 g/mol. The lowest BCUT2D eigenvalue weighted by Crippen LogP contribution is -2.42. The molecule has 1 saturated heterocycles. The molecule has 102 valence electrons. The molecule has 1 atom stereocenters. The molecule has 1 unspecified atom stereocenters. The van der Waals surface area contributed by atoms with Crippen LogP contribution in [0.5, 0.6) is 0 Å². The fourth-order valence-corrected chi connectivity index (χ4v) is 2.73. The van der Waals surface area contributed by atoms with Gasteiger partial charge in [-0.3, -0.25) is 14.8 Å². The van der Waals surface area contributed by atoms with E-state index in [1.54, 1.807) is 16.4 Å². The summed E-state index contributed by atoms with van der Waals surface area (Å²) < 4.78 is 1.80. The van der Waals surface area contributed by atoms with E-state index in [1.807, 2.05) is 19.4 Å². The summed E-state index contributed by atoms with van der Waals surface area (Å²) in [5.74, 6) is 1.89. The van der Waals surface area contributed by atoms with E-state index >= 15 is 0 Å². The number of hydrogen-bond donors (Lipinski definition) is 2. The van der Waals surface area contributed by atoms with Gasteiger partial charge in [0.1, 0.15) is 0 Å². The van der Waals surface area contributed by atoms with Crippen LogP contribution in [0.2, 0.25) is 0 Å². The van der Waals surface area contributed by atoms with Crippen molar-refractivity contribution in [1.29, 1.82) is 0 Å². The molecule has 0 radical (unpaired) electrons. The minimum absolute atomic E-state index is 0. The Morgan fingerprint density at radius 1 is 1.72 bits per heavy atom. The van der Waals surface area contributed by atoms with Crippen molar-refractivity contribution in [2.24, 2.45) is 7.05 Å². The van der Waals surface area contributed by atoms with Crippen LogP contribution in [0.3, 0.4) is 0 Å². The highest BCUT2D eigenvalue weighted by atomic mass is 35.5. The van der Waals surface area contributed by atoms with Gasteiger partial charge < -0.3 is 5.32 Å². The molecule has 1 aliphatic heterocycles. The van der Waals surface area contributed by atoms with E-state index in [0.29, 0.717) is 0 Å². The van der Waals surface area contributed by atoms with Gasteiger partial charge in [-0.15, -0.1) is 24.2 Å². The summed E-state index contributed by atoms with van der Waals surface area (Å²) in [6.07, 6.45) is 5.80. The van der Waals surface area contributed by atoms with Crippen molar-refractivity contribution in [2.45, 2.75) is 18.9 Å². The first-order valence-corrected chi connectivity index (χ1v) is 6.97. The molecule has 0 bridgehead atoms. The molecule has 1 aromatic rings. The molecule has 1 aliphatic rings. The van der Waals surface area contributed by atoms with Crippen LogP contribution in [0.4, 0.5) is 0 Å². The average molecular weight is 291 g/mol. The molecule has 1 amide bonds. The second-order valence-electron chi connectivity index (χ2n) is 4.19. The Kier molecular flexibility index (Phi) is 6.52. The van der Waals surface area contributed by atoms with Crippen molar-refractivity contribution >= 4 is 30.1 Å². The third kappa shape index (κ3) is 4.51. The number of halogens is 1. The van der Waals surface area contributed by atoms with E-state index in [0.717, 1.165) is 31.0 Å². The molecule has 2 rings (SSSR count). The van der Waals surface area contributed by atoms with E-state index < -0.39 is 0 Å². The van der Waals surface area contributed by atoms with E-state index in [9.17, 15) is 4.79 Å². The molecule has 0 saturated carbocycles. The molecule has 2 N–H and O–H groups in total. The van der Waals surface area contributed by atoms with Crippen LogP contribution in [0, 0.1) is 0 Å². The van der Waals surface area contributed by atoms with Gasteiger partial charge in [0.25, 0.3) is 0 Å². The molecule has 0 spiro atoms. The first-order valence-electron chi connectivity index (χ1n) is 5.82. The monoisotopic (exact) mass is 290 g/mol. The van der Waals surface area contributed by atoms with Crippen molar-refractivity contribution in [3.8, 4) is 0 Å². The number of nitrogens with zero attached hydrogens (tertiary/aromatic N) is 2. The predicted octanol–water partition coefficient (Wildman–Crippen LogP) is 0.553. The maximum Gasteiger partial charge on any atom is 0.238 e. The van der Waals surface area contributed by atoms with Crippen LogP contribution in [-0.2, 0) is 18.3 Å². The van der Waals surface area contributed by atoms with E-state index in [-0.39, 0.29) is 24.4 Å². The number of nitrogens with one attached hydrogen (secondary N) is 2. The van der Waals surface area contributed by atoms with Gasteiger partial charge >= 0.3 is 0 Å². The largest absolute Gasteiger partial charge is 0.355 e. The van der Waals surface area contributed by atoms with Gasteiger partial charge in [-0.05, 0) is 18.4 Å². The van der Waals surface area contributed by atoms with Gasteiger partial charge in [0, 0.05) is 31.4 Å². The molecule has 18 heavy (non-hydrogen) atoms. The number of amides is 1. The molecule has 5 nitrogen and oxygen atoms in total. The molecular formula is C11H19ClN4OS. The normalized spacial score (nSPS) is 18.4. The third-order valence-electron chi connectivity index (χ3n) is 2.73. The summed E-state index contributed by atoms with van der Waals surface area (Å²) in [6, 6.07) is -0.00149. The lowest BCUT2D eigenvalue weighted by Gasteiger charge is -2.09. The molecule has 1 fully saturated rings. The number of carbonyl (C=O) groups excluding carboxylic acids is 1. The lowest BCUT2D eigenvalue weighted by atomic mass is 10.2. The Labute approximate surface area is 117 Å². The van der Waals surface area contributed by atoms with Crippen molar-refractivity contribution in [3.63, 3.8) is 0 Å². The minimum atomic E-state index is -0.00149. The predicted molar refractivity (Wildman–Crippen MR) is 76.0 cm³/mol. The maximum absolute atomic E-state index is 11.7. The molecule has 2 heterocycles. The van der Waals surface area contributed by atoms with Crippen LogP contribution < -0.4 is 10.6 Å². The first-order chi connectivity index (χ1) is 8.25. The molecule has 0 aromatic carbocycles. The van der Waals surface area contributed by atoms with Crippen molar-refractivity contribution < 1.29 is 4.79 Å². The summed E-state index contributed by atoms with van der Waals surface area (Å²) in [4.78, 5) is 11.7. The first kappa shape index (κ1) is 15.3. The summed E-state index contributed by atoms with van der Waals surface area (Å²) in [5, 5.41) is 10.2. The zero-order valence-electron chi connectivity index (χ0n) is 10.4. The topological polar surface area (TPSA) is 59.0 Å². The maximum atomic E-state index is 11.7. The van der Waals surface area contributed by atoms with Crippen molar-refractivity contribution in [2.75, 3.05) is 18.2 Å². The minimum Gasteiger partial charge on any atom is -0.355 e. The van der Waals surface area contributed by atoms with Gasteiger partial charge in [0.05, 0.1) is 12.2 Å². The number of carbonyl (C=O) groups is 1. The second kappa shape index (κ2) is 7.66. The Balaban J connectivity index is 0.00000162. The fraction of sp³-hybridized carbons (Fsp3) is 0.636. The van der Waals surface area contributed by atoms with E-state index in [2.05, 4.69) is 15.7 Å². The van der Waals surface area contributed by atoms with Gasteiger partial charge in [0.2, 0.25) is 5.91 Å². The SMILES string of the molecule is Cl.Cn1cc(CCCNC(=O)C2CSCN2)cn1. The Bertz CT molecular complexity index is 379. The number of thioether (sulfide) groups is 1. The summed E-state index contributed by atoms with van der Waals surface area (Å²) in [7, 11) is 1.91. The number of hydrogen-bond acceptors (Lipinski definition) is 4. The Morgan fingerprint density at radius 3 is 3.17 bits per heavy atom. The van der Waals surface area contributed by atoms with E-state index in [4.69, 9.17) is 0 Å². The summed E-state index contributed by atoms with van der Waals surface area (Å²) in [6.45, 7) is 0.733. The van der Waals surface area contributed by atoms with Crippen LogP contribution in [-0.4, -0.2) is 39.9 Å². The van der Waals surface area contributed by atoms with Crippen molar-refractivity contribution in [3.05, 3.63) is 18.0 Å². The molecule has 1 aromatic heterocycles. The Hall–Kier alpha value is -0.720. The lowest BCUT2D eigenvalue weighted by molar-refractivity contribution is -0.122. The van der Waals surface area contributed by atoms with Crippen LogP contribution in [0.25, 0.3) is 0 Å². The van der Waals surface area contributed by atoms with Gasteiger partial charge in [-0.2, -0.15) is 5.10 Å². The summed E-state index contributed by atoms with van der Waals surface area (Å²) >= 11 is 1.77.